The van der Waals surface area contributed by atoms with Crippen molar-refractivity contribution >= 4 is 23.9 Å². The number of aliphatic hydroxyl groups is 1. The number of aromatic nitrogens is 2. The molecule has 2 aromatic heterocycles. The van der Waals surface area contributed by atoms with Gasteiger partial charge in [0.1, 0.15) is 12.1 Å². The highest BCUT2D eigenvalue weighted by atomic mass is 16.4. The largest absolute Gasteiger partial charge is 0.465 e. The van der Waals surface area contributed by atoms with E-state index in [1.54, 1.807) is 49.2 Å². The predicted molar refractivity (Wildman–Crippen MR) is 222 cm³/mol. The number of carboxylic acid groups (broad SMARTS) is 1. The lowest BCUT2D eigenvalue weighted by Gasteiger charge is -2.38. The second-order valence-corrected chi connectivity index (χ2v) is 17.2. The first-order valence-electron chi connectivity index (χ1n) is 19.8. The van der Waals surface area contributed by atoms with E-state index in [1.807, 2.05) is 106 Å². The van der Waals surface area contributed by atoms with Crippen LogP contribution in [0.15, 0.2) is 104 Å². The number of nitrogens with zero attached hydrogens (tertiary/aromatic N) is 4. The molecular formula is C45H57N7O6. The van der Waals surface area contributed by atoms with E-state index >= 15 is 0 Å². The molecule has 308 valence electrons. The zero-order valence-corrected chi connectivity index (χ0v) is 34.3. The number of carbonyl (C=O) groups is 4. The summed E-state index contributed by atoms with van der Waals surface area (Å²) in [5.74, 6) is -0.926. The topological polar surface area (TPSA) is 177 Å². The number of hydrogen-bond donors (Lipinski definition) is 5. The molecule has 1 saturated heterocycles. The Morgan fingerprint density at radius 2 is 1.41 bits per heavy atom. The number of pyridine rings is 2. The average molecular weight is 792 g/mol. The van der Waals surface area contributed by atoms with Gasteiger partial charge in [0.2, 0.25) is 11.8 Å². The number of aliphatic hydroxyl groups excluding tert-OH is 1. The minimum atomic E-state index is -1.33. The molecule has 0 saturated carbocycles. The second-order valence-electron chi connectivity index (χ2n) is 17.2. The van der Waals surface area contributed by atoms with Gasteiger partial charge in [-0.05, 0) is 65.0 Å². The number of amides is 5. The van der Waals surface area contributed by atoms with E-state index in [4.69, 9.17) is 0 Å². The maximum atomic E-state index is 14.5. The molecule has 5 amide bonds. The van der Waals surface area contributed by atoms with Crippen LogP contribution in [0, 0.1) is 10.8 Å². The number of carbonyl (C=O) groups excluding carboxylic acids is 3. The molecule has 13 nitrogen and oxygen atoms in total. The van der Waals surface area contributed by atoms with Crippen LogP contribution in [0.5, 0.6) is 0 Å². The van der Waals surface area contributed by atoms with Gasteiger partial charge in [-0.3, -0.25) is 19.6 Å². The number of benzene rings is 2. The SMILES string of the molecule is CC(C)(C)[C@H](NC(=O)O)C(=O)N[C@@H](Cc1ccc(-c2ccccn2)cc1)C[C@H](O)[C@H](Cc1ccccc1)NC(=O)[C@@H](N1CCN(Cc2cccnc2)C1=O)C(C)(C)C. The van der Waals surface area contributed by atoms with Gasteiger partial charge in [-0.2, -0.15) is 0 Å². The summed E-state index contributed by atoms with van der Waals surface area (Å²) in [6, 6.07) is 23.0. The number of urea groups is 1. The highest BCUT2D eigenvalue weighted by Crippen LogP contribution is 2.29. The molecule has 0 radical (unpaired) electrons. The number of nitrogens with one attached hydrogen (secondary N) is 3. The monoisotopic (exact) mass is 791 g/mol. The van der Waals surface area contributed by atoms with E-state index < -0.39 is 59.0 Å². The quantitative estimate of drug-likeness (QED) is 0.0963. The van der Waals surface area contributed by atoms with Crippen molar-refractivity contribution in [1.29, 1.82) is 0 Å². The molecule has 0 spiro atoms. The van der Waals surface area contributed by atoms with Gasteiger partial charge in [0.15, 0.2) is 0 Å². The van der Waals surface area contributed by atoms with Crippen LogP contribution in [-0.4, -0.2) is 97.3 Å². The lowest BCUT2D eigenvalue weighted by Crippen LogP contribution is -2.59. The van der Waals surface area contributed by atoms with Crippen molar-refractivity contribution in [3.05, 3.63) is 120 Å². The minimum absolute atomic E-state index is 0.0250. The molecule has 13 heteroatoms. The van der Waals surface area contributed by atoms with Gasteiger partial charge >= 0.3 is 12.1 Å². The molecule has 0 bridgehead atoms. The summed E-state index contributed by atoms with van der Waals surface area (Å²) in [6.07, 6.45) is 3.24. The molecule has 5 rings (SSSR count). The normalized spacial score (nSPS) is 15.9. The molecule has 0 unspecified atom stereocenters. The third-order valence-electron chi connectivity index (χ3n) is 10.4. The van der Waals surface area contributed by atoms with Crippen molar-refractivity contribution in [3.8, 4) is 11.3 Å². The Hall–Kier alpha value is -5.82. The second kappa shape index (κ2) is 19.1. The number of hydrogen-bond acceptors (Lipinski definition) is 7. The zero-order chi connectivity index (χ0) is 42.0. The third kappa shape index (κ3) is 11.9. The molecule has 4 aromatic rings. The molecule has 58 heavy (non-hydrogen) atoms. The van der Waals surface area contributed by atoms with Crippen LogP contribution in [0.1, 0.15) is 64.7 Å². The predicted octanol–water partition coefficient (Wildman–Crippen LogP) is 5.68. The summed E-state index contributed by atoms with van der Waals surface area (Å²) in [5, 5.41) is 30.3. The van der Waals surface area contributed by atoms with Crippen molar-refractivity contribution in [1.82, 2.24) is 35.7 Å². The highest BCUT2D eigenvalue weighted by molar-refractivity contribution is 5.89. The summed E-state index contributed by atoms with van der Waals surface area (Å²) in [7, 11) is 0. The van der Waals surface area contributed by atoms with Crippen molar-refractivity contribution in [2.75, 3.05) is 13.1 Å². The molecule has 1 aliphatic rings. The van der Waals surface area contributed by atoms with Crippen LogP contribution in [0.25, 0.3) is 11.3 Å². The van der Waals surface area contributed by atoms with E-state index in [1.165, 1.54) is 0 Å². The Kier molecular flexibility index (Phi) is 14.2. The van der Waals surface area contributed by atoms with E-state index in [9.17, 15) is 29.4 Å². The maximum absolute atomic E-state index is 14.5. The first kappa shape index (κ1) is 43.3. The zero-order valence-electron chi connectivity index (χ0n) is 34.3. The highest BCUT2D eigenvalue weighted by Gasteiger charge is 2.44. The van der Waals surface area contributed by atoms with E-state index in [0.717, 1.165) is 27.9 Å². The lowest BCUT2D eigenvalue weighted by molar-refractivity contribution is -0.131. The summed E-state index contributed by atoms with van der Waals surface area (Å²) in [4.78, 5) is 65.9. The molecule has 5 N–H and O–H groups in total. The smallest absolute Gasteiger partial charge is 0.405 e. The van der Waals surface area contributed by atoms with Crippen molar-refractivity contribution in [2.45, 2.75) is 97.6 Å². The van der Waals surface area contributed by atoms with Crippen LogP contribution in [0.2, 0.25) is 0 Å². The minimum Gasteiger partial charge on any atom is -0.465 e. The van der Waals surface area contributed by atoms with Crippen molar-refractivity contribution in [2.24, 2.45) is 10.8 Å². The fourth-order valence-corrected chi connectivity index (χ4v) is 7.48. The first-order valence-corrected chi connectivity index (χ1v) is 19.8. The first-order chi connectivity index (χ1) is 27.5. The van der Waals surface area contributed by atoms with Crippen LogP contribution < -0.4 is 16.0 Å². The van der Waals surface area contributed by atoms with Gasteiger partial charge in [-0.1, -0.05) is 108 Å². The third-order valence-corrected chi connectivity index (χ3v) is 10.4. The van der Waals surface area contributed by atoms with Gasteiger partial charge in [-0.15, -0.1) is 0 Å². The average Bonchev–Trinajstić information content (AvgIpc) is 3.51. The van der Waals surface area contributed by atoms with Crippen LogP contribution in [0.4, 0.5) is 9.59 Å². The van der Waals surface area contributed by atoms with Gasteiger partial charge < -0.3 is 36.0 Å². The summed E-state index contributed by atoms with van der Waals surface area (Å²) >= 11 is 0. The lowest BCUT2D eigenvalue weighted by atomic mass is 9.84. The van der Waals surface area contributed by atoms with Crippen LogP contribution in [-0.2, 0) is 29.0 Å². The van der Waals surface area contributed by atoms with Gasteiger partial charge in [0, 0.05) is 49.8 Å². The van der Waals surface area contributed by atoms with Gasteiger partial charge in [0.25, 0.3) is 0 Å². The van der Waals surface area contributed by atoms with E-state index in [-0.39, 0.29) is 18.9 Å². The molecule has 1 aliphatic heterocycles. The molecule has 1 fully saturated rings. The summed E-state index contributed by atoms with van der Waals surface area (Å²) in [5.41, 5.74) is 2.94. The maximum Gasteiger partial charge on any atom is 0.405 e. The van der Waals surface area contributed by atoms with Gasteiger partial charge in [0.05, 0.1) is 17.8 Å². The molecular weight excluding hydrogens is 735 g/mol. The van der Waals surface area contributed by atoms with Crippen LogP contribution in [0.3, 0.4) is 0 Å². The van der Waals surface area contributed by atoms with Crippen molar-refractivity contribution < 1.29 is 29.4 Å². The fourth-order valence-electron chi connectivity index (χ4n) is 7.48. The Balaban J connectivity index is 1.41. The molecule has 5 atom stereocenters. The summed E-state index contributed by atoms with van der Waals surface area (Å²) in [6.45, 7) is 12.2. The fraction of sp³-hybridized carbons (Fsp3) is 0.422. The summed E-state index contributed by atoms with van der Waals surface area (Å²) < 4.78 is 0. The van der Waals surface area contributed by atoms with Crippen molar-refractivity contribution in [3.63, 3.8) is 0 Å². The van der Waals surface area contributed by atoms with Crippen LogP contribution >= 0.6 is 0 Å². The molecule has 0 aliphatic carbocycles. The van der Waals surface area contributed by atoms with E-state index in [2.05, 4.69) is 25.9 Å². The Morgan fingerprint density at radius 1 is 0.741 bits per heavy atom. The Morgan fingerprint density at radius 3 is 2.02 bits per heavy atom. The van der Waals surface area contributed by atoms with E-state index in [0.29, 0.717) is 26.1 Å². The Bertz CT molecular complexity index is 1970. The molecule has 2 aromatic carbocycles. The molecule has 3 heterocycles. The standard InChI is InChI=1S/C45H57N7O6/c1-44(2,3)38(50-42(56)57)40(54)48-34(25-31-17-19-33(20-18-31)35-16-10-11-22-47-35)27-37(53)36(26-30-13-8-7-9-14-30)49-41(55)39(45(4,5)6)52-24-23-51(43(52)58)29-32-15-12-21-46-28-32/h7-22,28,34,36-39,50,53H,23-27,29H2,1-6H3,(H,48,54)(H,49,55)(H,56,57)/t34-,36-,37-,38+,39+/m0/s1. The number of rotatable bonds is 16. The Labute approximate surface area is 341 Å². The van der Waals surface area contributed by atoms with Gasteiger partial charge in [-0.25, -0.2) is 9.59 Å².